The molecular weight excluding hydrogens is 228 g/mol. The number of rotatable bonds is 3. The van der Waals surface area contributed by atoms with Gasteiger partial charge in [0.05, 0.1) is 17.3 Å². The number of hydrogen-bond donors (Lipinski definition) is 1. The standard InChI is InChI=1S/C14H20N2O2/c1-10(14(17)18)8-11-4-5-12-13(9-11)16(3)7-6-15(12)2/h4-5,9-10H,6-8H2,1-3H3,(H,17,18). The molecule has 1 N–H and O–H groups in total. The topological polar surface area (TPSA) is 43.8 Å². The first-order valence-corrected chi connectivity index (χ1v) is 6.27. The zero-order valence-electron chi connectivity index (χ0n) is 11.2. The smallest absolute Gasteiger partial charge is 0.306 e. The number of fused-ring (bicyclic) bond motifs is 1. The van der Waals surface area contributed by atoms with E-state index in [0.29, 0.717) is 6.42 Å². The van der Waals surface area contributed by atoms with E-state index in [2.05, 4.69) is 36.0 Å². The van der Waals surface area contributed by atoms with Crippen LogP contribution in [0.15, 0.2) is 18.2 Å². The van der Waals surface area contributed by atoms with Gasteiger partial charge in [-0.1, -0.05) is 13.0 Å². The Morgan fingerprint density at radius 3 is 2.50 bits per heavy atom. The van der Waals surface area contributed by atoms with Gasteiger partial charge >= 0.3 is 5.97 Å². The lowest BCUT2D eigenvalue weighted by Crippen LogP contribution is -2.36. The van der Waals surface area contributed by atoms with E-state index in [1.807, 2.05) is 6.07 Å². The monoisotopic (exact) mass is 248 g/mol. The zero-order valence-corrected chi connectivity index (χ0v) is 11.2. The maximum atomic E-state index is 10.9. The van der Waals surface area contributed by atoms with Crippen molar-refractivity contribution >= 4 is 17.3 Å². The van der Waals surface area contributed by atoms with Gasteiger partial charge in [0.15, 0.2) is 0 Å². The molecule has 0 amide bonds. The van der Waals surface area contributed by atoms with Crippen molar-refractivity contribution in [2.75, 3.05) is 37.0 Å². The Bertz CT molecular complexity index is 459. The van der Waals surface area contributed by atoms with Gasteiger partial charge in [-0.05, 0) is 24.1 Å². The summed E-state index contributed by atoms with van der Waals surface area (Å²) in [5.41, 5.74) is 3.50. The highest BCUT2D eigenvalue weighted by molar-refractivity contribution is 5.74. The number of hydrogen-bond acceptors (Lipinski definition) is 3. The molecule has 18 heavy (non-hydrogen) atoms. The van der Waals surface area contributed by atoms with Crippen molar-refractivity contribution in [1.82, 2.24) is 0 Å². The third-order valence-electron chi connectivity index (χ3n) is 3.60. The number of aliphatic carboxylic acids is 1. The zero-order chi connectivity index (χ0) is 13.3. The summed E-state index contributed by atoms with van der Waals surface area (Å²) in [6.45, 7) is 3.77. The Hall–Kier alpha value is -1.71. The lowest BCUT2D eigenvalue weighted by molar-refractivity contribution is -0.141. The molecule has 4 nitrogen and oxygen atoms in total. The first kappa shape index (κ1) is 12.7. The first-order valence-electron chi connectivity index (χ1n) is 6.27. The van der Waals surface area contributed by atoms with Gasteiger partial charge in [-0.25, -0.2) is 0 Å². The molecule has 1 unspecified atom stereocenters. The van der Waals surface area contributed by atoms with Crippen molar-refractivity contribution in [2.24, 2.45) is 5.92 Å². The number of carbonyl (C=O) groups is 1. The molecule has 1 aliphatic heterocycles. The van der Waals surface area contributed by atoms with Gasteiger partial charge in [0.1, 0.15) is 0 Å². The summed E-state index contributed by atoms with van der Waals surface area (Å²) in [5.74, 6) is -1.08. The van der Waals surface area contributed by atoms with Gasteiger partial charge in [0.25, 0.3) is 0 Å². The molecular formula is C14H20N2O2. The minimum absolute atomic E-state index is 0.338. The highest BCUT2D eigenvalue weighted by Gasteiger charge is 2.19. The Kier molecular flexibility index (Phi) is 3.45. The molecule has 0 saturated carbocycles. The van der Waals surface area contributed by atoms with E-state index in [4.69, 9.17) is 5.11 Å². The van der Waals surface area contributed by atoms with Crippen LogP contribution in [-0.2, 0) is 11.2 Å². The molecule has 1 atom stereocenters. The van der Waals surface area contributed by atoms with Gasteiger partial charge in [0.2, 0.25) is 0 Å². The fourth-order valence-electron chi connectivity index (χ4n) is 2.31. The second-order valence-electron chi connectivity index (χ2n) is 5.11. The van der Waals surface area contributed by atoms with Crippen LogP contribution in [0.3, 0.4) is 0 Å². The summed E-state index contributed by atoms with van der Waals surface area (Å²) in [7, 11) is 4.17. The molecule has 2 rings (SSSR count). The molecule has 0 fully saturated rings. The van der Waals surface area contributed by atoms with Crippen molar-refractivity contribution in [3.05, 3.63) is 23.8 Å². The molecule has 0 radical (unpaired) electrons. The van der Waals surface area contributed by atoms with Crippen LogP contribution in [0.2, 0.25) is 0 Å². The predicted molar refractivity (Wildman–Crippen MR) is 73.5 cm³/mol. The Morgan fingerprint density at radius 2 is 1.89 bits per heavy atom. The molecule has 0 bridgehead atoms. The van der Waals surface area contributed by atoms with Crippen molar-refractivity contribution in [1.29, 1.82) is 0 Å². The molecule has 1 aromatic rings. The maximum Gasteiger partial charge on any atom is 0.306 e. The van der Waals surface area contributed by atoms with E-state index in [1.165, 1.54) is 11.4 Å². The summed E-state index contributed by atoms with van der Waals surface area (Å²) >= 11 is 0. The van der Waals surface area contributed by atoms with E-state index in [1.54, 1.807) is 6.92 Å². The van der Waals surface area contributed by atoms with Crippen LogP contribution in [0.25, 0.3) is 0 Å². The van der Waals surface area contributed by atoms with Gasteiger partial charge in [-0.2, -0.15) is 0 Å². The summed E-state index contributed by atoms with van der Waals surface area (Å²) in [4.78, 5) is 15.4. The Morgan fingerprint density at radius 1 is 1.28 bits per heavy atom. The van der Waals surface area contributed by atoms with Gasteiger partial charge in [0, 0.05) is 27.2 Å². The molecule has 0 aliphatic carbocycles. The second kappa shape index (κ2) is 4.88. The molecule has 1 aliphatic rings. The van der Waals surface area contributed by atoms with Crippen LogP contribution < -0.4 is 9.80 Å². The van der Waals surface area contributed by atoms with Crippen molar-refractivity contribution in [2.45, 2.75) is 13.3 Å². The molecule has 98 valence electrons. The Labute approximate surface area is 108 Å². The highest BCUT2D eigenvalue weighted by atomic mass is 16.4. The fraction of sp³-hybridized carbons (Fsp3) is 0.500. The van der Waals surface area contributed by atoms with Crippen LogP contribution in [0.1, 0.15) is 12.5 Å². The predicted octanol–water partition coefficient (Wildman–Crippen LogP) is 1.84. The number of carboxylic acid groups (broad SMARTS) is 1. The largest absolute Gasteiger partial charge is 0.481 e. The number of nitrogens with zero attached hydrogens (tertiary/aromatic N) is 2. The van der Waals surface area contributed by atoms with E-state index < -0.39 is 5.97 Å². The van der Waals surface area contributed by atoms with Gasteiger partial charge in [-0.3, -0.25) is 4.79 Å². The maximum absolute atomic E-state index is 10.9. The highest BCUT2D eigenvalue weighted by Crippen LogP contribution is 2.32. The number of anilines is 2. The van der Waals surface area contributed by atoms with Crippen LogP contribution in [0.4, 0.5) is 11.4 Å². The normalized spacial score (nSPS) is 16.4. The molecule has 0 aromatic heterocycles. The minimum atomic E-state index is -0.738. The SMILES string of the molecule is CC(Cc1ccc2c(c1)N(C)CCN2C)C(=O)O. The average molecular weight is 248 g/mol. The van der Waals surface area contributed by atoms with Crippen LogP contribution >= 0.6 is 0 Å². The van der Waals surface area contributed by atoms with E-state index in [-0.39, 0.29) is 5.92 Å². The van der Waals surface area contributed by atoms with Gasteiger partial charge in [-0.15, -0.1) is 0 Å². The molecule has 1 heterocycles. The lowest BCUT2D eigenvalue weighted by atomic mass is 9.99. The average Bonchev–Trinajstić information content (AvgIpc) is 2.34. The van der Waals surface area contributed by atoms with Crippen LogP contribution in [-0.4, -0.2) is 38.3 Å². The van der Waals surface area contributed by atoms with Crippen molar-refractivity contribution < 1.29 is 9.90 Å². The minimum Gasteiger partial charge on any atom is -0.481 e. The summed E-state index contributed by atoms with van der Waals surface area (Å²) in [6, 6.07) is 6.24. The first-order chi connectivity index (χ1) is 8.49. The number of likely N-dealkylation sites (N-methyl/N-ethyl adjacent to an activating group) is 2. The molecule has 0 spiro atoms. The van der Waals surface area contributed by atoms with Gasteiger partial charge < -0.3 is 14.9 Å². The molecule has 0 saturated heterocycles. The van der Waals surface area contributed by atoms with E-state index in [9.17, 15) is 4.79 Å². The summed E-state index contributed by atoms with van der Waals surface area (Å²) < 4.78 is 0. The summed E-state index contributed by atoms with van der Waals surface area (Å²) in [5, 5.41) is 8.96. The van der Waals surface area contributed by atoms with Crippen LogP contribution in [0, 0.1) is 5.92 Å². The quantitative estimate of drug-likeness (QED) is 0.886. The third-order valence-corrected chi connectivity index (χ3v) is 3.60. The molecule has 4 heteroatoms. The van der Waals surface area contributed by atoms with Crippen molar-refractivity contribution in [3.63, 3.8) is 0 Å². The number of benzene rings is 1. The van der Waals surface area contributed by atoms with Crippen molar-refractivity contribution in [3.8, 4) is 0 Å². The number of carboxylic acids is 1. The second-order valence-corrected chi connectivity index (χ2v) is 5.11. The Balaban J connectivity index is 2.26. The van der Waals surface area contributed by atoms with Crippen LogP contribution in [0.5, 0.6) is 0 Å². The fourth-order valence-corrected chi connectivity index (χ4v) is 2.31. The molecule has 1 aromatic carbocycles. The third kappa shape index (κ3) is 2.42. The van der Waals surface area contributed by atoms with E-state index >= 15 is 0 Å². The summed E-state index contributed by atoms with van der Waals surface area (Å²) in [6.07, 6.45) is 0.583. The lowest BCUT2D eigenvalue weighted by Gasteiger charge is -2.35. The van der Waals surface area contributed by atoms with E-state index in [0.717, 1.165) is 18.7 Å².